The van der Waals surface area contributed by atoms with Crippen LogP contribution in [0.1, 0.15) is 26.2 Å². The van der Waals surface area contributed by atoms with Crippen molar-refractivity contribution >= 4 is 0 Å². The van der Waals surface area contributed by atoms with Crippen molar-refractivity contribution in [2.24, 2.45) is 23.2 Å². The Labute approximate surface area is 72.9 Å². The second-order valence-corrected chi connectivity index (χ2v) is 5.00. The topological polar surface area (TPSA) is 29.5 Å². The highest BCUT2D eigenvalue weighted by Crippen LogP contribution is 2.63. The lowest BCUT2D eigenvalue weighted by atomic mass is 9.69. The van der Waals surface area contributed by atoms with E-state index in [1.807, 2.05) is 0 Å². The Hall–Kier alpha value is -0.0800. The van der Waals surface area contributed by atoms with Gasteiger partial charge in [0.25, 0.3) is 0 Å². The van der Waals surface area contributed by atoms with E-state index in [4.69, 9.17) is 4.74 Å². The lowest BCUT2D eigenvalue weighted by molar-refractivity contribution is -0.0922. The quantitative estimate of drug-likeness (QED) is 0.592. The standard InChI is InChI=1S/C10H16O2/c1-10-5-12-9(11)8(10)6-2-3-7(10)4-6/h6-9,11H,2-5H2,1H3/t6-,7+,8-,9-,10-/m0/s1. The van der Waals surface area contributed by atoms with Gasteiger partial charge in [-0.3, -0.25) is 0 Å². The molecular weight excluding hydrogens is 152 g/mol. The highest BCUT2D eigenvalue weighted by Gasteiger charge is 2.61. The summed E-state index contributed by atoms with van der Waals surface area (Å²) in [7, 11) is 0. The SMILES string of the molecule is C[C@@]12CO[C@H](O)[C@@H]1[C@H]1CC[C@@H]2C1. The van der Waals surface area contributed by atoms with Crippen LogP contribution >= 0.6 is 0 Å². The van der Waals surface area contributed by atoms with Crippen molar-refractivity contribution < 1.29 is 9.84 Å². The van der Waals surface area contributed by atoms with Gasteiger partial charge in [0.15, 0.2) is 6.29 Å². The summed E-state index contributed by atoms with van der Waals surface area (Å²) in [6.45, 7) is 3.09. The Kier molecular flexibility index (Phi) is 1.25. The minimum atomic E-state index is -0.453. The average Bonchev–Trinajstić information content (AvgIpc) is 2.63. The maximum Gasteiger partial charge on any atom is 0.158 e. The number of hydrogen-bond acceptors (Lipinski definition) is 2. The van der Waals surface area contributed by atoms with E-state index in [1.165, 1.54) is 19.3 Å². The fourth-order valence-corrected chi connectivity index (χ4v) is 3.89. The van der Waals surface area contributed by atoms with Crippen LogP contribution in [0.2, 0.25) is 0 Å². The number of fused-ring (bicyclic) bond motifs is 5. The van der Waals surface area contributed by atoms with E-state index in [9.17, 15) is 5.11 Å². The predicted molar refractivity (Wildman–Crippen MR) is 44.4 cm³/mol. The van der Waals surface area contributed by atoms with Crippen molar-refractivity contribution in [2.45, 2.75) is 32.5 Å². The van der Waals surface area contributed by atoms with Crippen molar-refractivity contribution in [1.29, 1.82) is 0 Å². The molecule has 1 heterocycles. The van der Waals surface area contributed by atoms with Crippen molar-refractivity contribution in [3.8, 4) is 0 Å². The Morgan fingerprint density at radius 2 is 2.25 bits per heavy atom. The van der Waals surface area contributed by atoms with Gasteiger partial charge in [-0.25, -0.2) is 0 Å². The molecule has 12 heavy (non-hydrogen) atoms. The largest absolute Gasteiger partial charge is 0.368 e. The minimum Gasteiger partial charge on any atom is -0.368 e. The molecular formula is C10H16O2. The summed E-state index contributed by atoms with van der Waals surface area (Å²) in [5, 5.41) is 9.66. The van der Waals surface area contributed by atoms with Gasteiger partial charge in [0.05, 0.1) is 6.61 Å². The molecule has 3 rings (SSSR count). The lowest BCUT2D eigenvalue weighted by Crippen LogP contribution is -2.34. The molecule has 2 bridgehead atoms. The van der Waals surface area contributed by atoms with Crippen molar-refractivity contribution in [1.82, 2.24) is 0 Å². The van der Waals surface area contributed by atoms with Gasteiger partial charge in [0, 0.05) is 11.3 Å². The molecule has 2 saturated carbocycles. The maximum absolute atomic E-state index is 9.66. The molecule has 0 aromatic carbocycles. The van der Waals surface area contributed by atoms with E-state index >= 15 is 0 Å². The van der Waals surface area contributed by atoms with Crippen LogP contribution in [-0.4, -0.2) is 18.0 Å². The van der Waals surface area contributed by atoms with Gasteiger partial charge in [-0.2, -0.15) is 0 Å². The third kappa shape index (κ3) is 0.647. The molecule has 5 atom stereocenters. The van der Waals surface area contributed by atoms with Crippen LogP contribution in [0.4, 0.5) is 0 Å². The van der Waals surface area contributed by atoms with Crippen LogP contribution in [0.3, 0.4) is 0 Å². The summed E-state index contributed by atoms with van der Waals surface area (Å²) in [6, 6.07) is 0. The molecule has 68 valence electrons. The average molecular weight is 168 g/mol. The van der Waals surface area contributed by atoms with E-state index in [-0.39, 0.29) is 0 Å². The normalized spacial score (nSPS) is 62.5. The van der Waals surface area contributed by atoms with E-state index in [2.05, 4.69) is 6.92 Å². The number of aliphatic hydroxyl groups is 1. The summed E-state index contributed by atoms with van der Waals surface area (Å²) in [6.07, 6.45) is 3.59. The summed E-state index contributed by atoms with van der Waals surface area (Å²) < 4.78 is 5.36. The highest BCUT2D eigenvalue weighted by atomic mass is 16.6. The molecule has 0 amide bonds. The highest BCUT2D eigenvalue weighted by molar-refractivity contribution is 5.07. The molecule has 2 aliphatic carbocycles. The van der Waals surface area contributed by atoms with Crippen LogP contribution < -0.4 is 0 Å². The molecule has 2 heteroatoms. The second kappa shape index (κ2) is 2.05. The van der Waals surface area contributed by atoms with E-state index in [0.29, 0.717) is 11.3 Å². The fourth-order valence-electron chi connectivity index (χ4n) is 3.89. The predicted octanol–water partition coefficient (Wildman–Crippen LogP) is 1.39. The summed E-state index contributed by atoms with van der Waals surface area (Å²) in [5.74, 6) is 2.05. The molecule has 0 unspecified atom stereocenters. The van der Waals surface area contributed by atoms with E-state index in [1.54, 1.807) is 0 Å². The maximum atomic E-state index is 9.66. The van der Waals surface area contributed by atoms with Gasteiger partial charge in [0.1, 0.15) is 0 Å². The van der Waals surface area contributed by atoms with Crippen molar-refractivity contribution in [3.63, 3.8) is 0 Å². The molecule has 0 radical (unpaired) electrons. The zero-order chi connectivity index (χ0) is 8.34. The number of hydrogen-bond donors (Lipinski definition) is 1. The molecule has 2 nitrogen and oxygen atoms in total. The zero-order valence-electron chi connectivity index (χ0n) is 7.49. The molecule has 3 fully saturated rings. The number of rotatable bonds is 0. The monoisotopic (exact) mass is 168 g/mol. The van der Waals surface area contributed by atoms with Crippen LogP contribution in [0, 0.1) is 23.2 Å². The minimum absolute atomic E-state index is 0.322. The molecule has 0 spiro atoms. The van der Waals surface area contributed by atoms with Crippen LogP contribution in [0.5, 0.6) is 0 Å². The van der Waals surface area contributed by atoms with Crippen LogP contribution in [0.25, 0.3) is 0 Å². The van der Waals surface area contributed by atoms with Gasteiger partial charge in [0.2, 0.25) is 0 Å². The first kappa shape index (κ1) is 7.34. The first-order valence-electron chi connectivity index (χ1n) is 5.01. The van der Waals surface area contributed by atoms with Gasteiger partial charge in [-0.1, -0.05) is 6.92 Å². The summed E-state index contributed by atoms with van der Waals surface area (Å²) in [4.78, 5) is 0. The van der Waals surface area contributed by atoms with Gasteiger partial charge >= 0.3 is 0 Å². The zero-order valence-corrected chi connectivity index (χ0v) is 7.49. The molecule has 1 saturated heterocycles. The molecule has 3 aliphatic rings. The Bertz CT molecular complexity index is 216. The molecule has 0 aromatic heterocycles. The summed E-state index contributed by atoms with van der Waals surface area (Å²) >= 11 is 0. The van der Waals surface area contributed by atoms with E-state index < -0.39 is 6.29 Å². The first-order valence-corrected chi connectivity index (χ1v) is 5.01. The number of ether oxygens (including phenoxy) is 1. The van der Waals surface area contributed by atoms with E-state index in [0.717, 1.165) is 18.4 Å². The smallest absolute Gasteiger partial charge is 0.158 e. The number of aliphatic hydroxyl groups excluding tert-OH is 1. The molecule has 0 aromatic rings. The van der Waals surface area contributed by atoms with Crippen LogP contribution in [-0.2, 0) is 4.74 Å². The van der Waals surface area contributed by atoms with Crippen molar-refractivity contribution in [3.05, 3.63) is 0 Å². The molecule has 1 aliphatic heterocycles. The second-order valence-electron chi connectivity index (χ2n) is 5.00. The van der Waals surface area contributed by atoms with Crippen LogP contribution in [0.15, 0.2) is 0 Å². The summed E-state index contributed by atoms with van der Waals surface area (Å²) in [5.41, 5.74) is 0.322. The first-order chi connectivity index (χ1) is 5.72. The van der Waals surface area contributed by atoms with Gasteiger partial charge in [-0.05, 0) is 31.1 Å². The van der Waals surface area contributed by atoms with Crippen molar-refractivity contribution in [2.75, 3.05) is 6.61 Å². The Morgan fingerprint density at radius 3 is 3.00 bits per heavy atom. The third-order valence-corrected chi connectivity index (χ3v) is 4.55. The molecule has 1 N–H and O–H groups in total. The van der Waals surface area contributed by atoms with Gasteiger partial charge in [-0.15, -0.1) is 0 Å². The lowest BCUT2D eigenvalue weighted by Gasteiger charge is -2.34. The third-order valence-electron chi connectivity index (χ3n) is 4.55. The fraction of sp³-hybridized carbons (Fsp3) is 1.00. The van der Waals surface area contributed by atoms with Gasteiger partial charge < -0.3 is 9.84 Å². The Balaban J connectivity index is 1.99. The Morgan fingerprint density at radius 1 is 1.42 bits per heavy atom.